The average Bonchev–Trinajstić information content (AvgIpc) is 2.80. The van der Waals surface area contributed by atoms with Gasteiger partial charge in [0.25, 0.3) is 0 Å². The Balaban J connectivity index is 2.23. The highest BCUT2D eigenvalue weighted by Gasteiger charge is 2.09. The van der Waals surface area contributed by atoms with E-state index < -0.39 is 0 Å². The van der Waals surface area contributed by atoms with Crippen molar-refractivity contribution in [1.82, 2.24) is 19.6 Å². The summed E-state index contributed by atoms with van der Waals surface area (Å²) in [5.74, 6) is 0.761. The Morgan fingerprint density at radius 2 is 2.37 bits per heavy atom. The van der Waals surface area contributed by atoms with Gasteiger partial charge in [-0.25, -0.2) is 19.3 Å². The van der Waals surface area contributed by atoms with Gasteiger partial charge in [-0.2, -0.15) is 5.10 Å². The number of rotatable bonds is 7. The van der Waals surface area contributed by atoms with Crippen LogP contribution in [0.15, 0.2) is 17.2 Å². The normalized spacial score (nSPS) is 11.1. The van der Waals surface area contributed by atoms with Gasteiger partial charge >= 0.3 is 5.69 Å². The van der Waals surface area contributed by atoms with E-state index in [9.17, 15) is 4.79 Å². The summed E-state index contributed by atoms with van der Waals surface area (Å²) in [4.78, 5) is 17.7. The van der Waals surface area contributed by atoms with Gasteiger partial charge in [0.2, 0.25) is 0 Å². The minimum atomic E-state index is -0.292. The molecule has 0 spiro atoms. The molecule has 0 fully saturated rings. The van der Waals surface area contributed by atoms with E-state index in [0.717, 1.165) is 18.8 Å². The fourth-order valence-corrected chi connectivity index (χ4v) is 1.80. The van der Waals surface area contributed by atoms with E-state index >= 15 is 0 Å². The van der Waals surface area contributed by atoms with Crippen molar-refractivity contribution in [3.63, 3.8) is 0 Å². The van der Waals surface area contributed by atoms with Crippen LogP contribution in [0, 0.1) is 0 Å². The van der Waals surface area contributed by atoms with Gasteiger partial charge in [0.05, 0.1) is 6.61 Å². The summed E-state index contributed by atoms with van der Waals surface area (Å²) in [6.45, 7) is 2.73. The third kappa shape index (κ3) is 3.09. The van der Waals surface area contributed by atoms with Crippen molar-refractivity contribution < 1.29 is 4.74 Å². The van der Waals surface area contributed by atoms with Crippen molar-refractivity contribution in [2.75, 3.05) is 38.3 Å². The van der Waals surface area contributed by atoms with Gasteiger partial charge in [0.1, 0.15) is 12.1 Å². The Labute approximate surface area is 110 Å². The smallest absolute Gasteiger partial charge is 0.348 e. The molecule has 0 amide bonds. The minimum absolute atomic E-state index is 0.292. The monoisotopic (exact) mass is 266 g/mol. The summed E-state index contributed by atoms with van der Waals surface area (Å²) in [7, 11) is 1.66. The van der Waals surface area contributed by atoms with Crippen LogP contribution in [0.5, 0.6) is 0 Å². The number of fused-ring (bicyclic) bond motifs is 1. The number of aromatic amines is 1. The zero-order chi connectivity index (χ0) is 13.7. The van der Waals surface area contributed by atoms with Gasteiger partial charge in [-0.3, -0.25) is 0 Å². The van der Waals surface area contributed by atoms with Gasteiger partial charge in [-0.05, 0) is 13.0 Å². The zero-order valence-electron chi connectivity index (χ0n) is 10.9. The van der Waals surface area contributed by atoms with E-state index in [1.807, 2.05) is 0 Å². The molecule has 0 aliphatic carbocycles. The predicted octanol–water partition coefficient (Wildman–Crippen LogP) is -0.781. The van der Waals surface area contributed by atoms with Crippen LogP contribution in [-0.4, -0.2) is 52.9 Å². The molecule has 0 radical (unpaired) electrons. The highest BCUT2D eigenvalue weighted by Crippen LogP contribution is 2.11. The number of methoxy groups -OCH3 is 1. The third-order valence-electron chi connectivity index (χ3n) is 2.82. The van der Waals surface area contributed by atoms with Crippen LogP contribution in [0.1, 0.15) is 6.42 Å². The number of H-pyrrole nitrogens is 1. The minimum Gasteiger partial charge on any atom is -0.383 e. The van der Waals surface area contributed by atoms with E-state index in [1.165, 1.54) is 10.7 Å². The summed E-state index contributed by atoms with van der Waals surface area (Å²) in [5, 5.41) is 6.31. The second-order valence-corrected chi connectivity index (χ2v) is 4.13. The number of ether oxygens (including phenoxy) is 1. The van der Waals surface area contributed by atoms with Crippen LogP contribution in [0.3, 0.4) is 0 Å². The van der Waals surface area contributed by atoms with Crippen LogP contribution < -0.4 is 16.3 Å². The number of hydrogen-bond acceptors (Lipinski definition) is 6. The Bertz CT molecular complexity index is 570. The van der Waals surface area contributed by atoms with E-state index in [2.05, 4.69) is 20.1 Å². The molecule has 3 N–H and O–H groups in total. The molecule has 2 heterocycles. The van der Waals surface area contributed by atoms with E-state index in [0.29, 0.717) is 25.3 Å². The predicted molar refractivity (Wildman–Crippen MR) is 71.4 cm³/mol. The Morgan fingerprint density at radius 3 is 3.11 bits per heavy atom. The third-order valence-corrected chi connectivity index (χ3v) is 2.82. The van der Waals surface area contributed by atoms with Gasteiger partial charge in [-0.15, -0.1) is 0 Å². The molecule has 8 heteroatoms. The number of aromatic nitrogens is 4. The van der Waals surface area contributed by atoms with E-state index in [-0.39, 0.29) is 5.69 Å². The first-order valence-corrected chi connectivity index (χ1v) is 6.13. The zero-order valence-corrected chi connectivity index (χ0v) is 10.9. The second kappa shape index (κ2) is 6.30. The molecule has 19 heavy (non-hydrogen) atoms. The topological polar surface area (TPSA) is 102 Å². The van der Waals surface area contributed by atoms with Crippen molar-refractivity contribution in [3.05, 3.63) is 22.9 Å². The fourth-order valence-electron chi connectivity index (χ4n) is 1.80. The maximum absolute atomic E-state index is 11.4. The highest BCUT2D eigenvalue weighted by atomic mass is 16.5. The lowest BCUT2D eigenvalue weighted by molar-refractivity contribution is 0.205. The second-order valence-electron chi connectivity index (χ2n) is 4.13. The van der Waals surface area contributed by atoms with Gasteiger partial charge < -0.3 is 15.4 Å². The molecule has 0 bridgehead atoms. The van der Waals surface area contributed by atoms with Crippen LogP contribution in [0.4, 0.5) is 5.82 Å². The maximum Gasteiger partial charge on any atom is 0.348 e. The number of nitrogens with zero attached hydrogens (tertiary/aromatic N) is 4. The molecule has 0 saturated heterocycles. The van der Waals surface area contributed by atoms with E-state index in [1.54, 1.807) is 13.2 Å². The summed E-state index contributed by atoms with van der Waals surface area (Å²) in [6, 6.07) is 1.77. The first kappa shape index (κ1) is 13.5. The molecular weight excluding hydrogens is 248 g/mol. The van der Waals surface area contributed by atoms with Gasteiger partial charge in [0, 0.05) is 26.3 Å². The molecule has 0 aromatic carbocycles. The highest BCUT2D eigenvalue weighted by molar-refractivity contribution is 5.50. The summed E-state index contributed by atoms with van der Waals surface area (Å²) in [6.07, 6.45) is 2.34. The van der Waals surface area contributed by atoms with Gasteiger partial charge in [0.15, 0.2) is 5.65 Å². The molecule has 8 nitrogen and oxygen atoms in total. The molecule has 2 aromatic heterocycles. The average molecular weight is 266 g/mol. The molecular formula is C11H18N6O2. The van der Waals surface area contributed by atoms with Crippen LogP contribution in [0.2, 0.25) is 0 Å². The van der Waals surface area contributed by atoms with Crippen molar-refractivity contribution in [1.29, 1.82) is 0 Å². The molecule has 2 rings (SSSR count). The van der Waals surface area contributed by atoms with Crippen LogP contribution in [0.25, 0.3) is 5.65 Å². The number of nitrogens with two attached hydrogens (primary N) is 1. The number of hydrogen-bond donors (Lipinski definition) is 2. The maximum atomic E-state index is 11.4. The fraction of sp³-hybridized carbons (Fsp3) is 0.545. The first-order valence-electron chi connectivity index (χ1n) is 6.13. The lowest BCUT2D eigenvalue weighted by atomic mass is 10.3. The van der Waals surface area contributed by atoms with Crippen molar-refractivity contribution in [3.8, 4) is 0 Å². The molecule has 104 valence electrons. The Morgan fingerprint density at radius 1 is 1.53 bits per heavy atom. The number of anilines is 1. The van der Waals surface area contributed by atoms with Gasteiger partial charge in [-0.1, -0.05) is 0 Å². The lowest BCUT2D eigenvalue weighted by Gasteiger charge is -2.22. The standard InChI is InChI=1S/C11H18N6O2/c1-19-6-5-16(4-2-3-12)9-7-10-14-15-11(18)17(10)8-13-9/h7-8H,2-6,12H2,1H3,(H,15,18). The quantitative estimate of drug-likeness (QED) is 0.681. The first-order chi connectivity index (χ1) is 9.26. The Hall–Kier alpha value is -1.93. The summed E-state index contributed by atoms with van der Waals surface area (Å²) < 4.78 is 6.45. The molecule has 0 atom stereocenters. The van der Waals surface area contributed by atoms with Crippen LogP contribution >= 0.6 is 0 Å². The molecule has 0 unspecified atom stereocenters. The van der Waals surface area contributed by atoms with E-state index in [4.69, 9.17) is 10.5 Å². The van der Waals surface area contributed by atoms with Crippen molar-refractivity contribution in [2.45, 2.75) is 6.42 Å². The molecule has 0 aliphatic heterocycles. The summed E-state index contributed by atoms with van der Waals surface area (Å²) >= 11 is 0. The molecule has 2 aromatic rings. The summed E-state index contributed by atoms with van der Waals surface area (Å²) in [5.41, 5.74) is 5.79. The van der Waals surface area contributed by atoms with Crippen molar-refractivity contribution >= 4 is 11.5 Å². The Kier molecular flexibility index (Phi) is 4.48. The lowest BCUT2D eigenvalue weighted by Crippen LogP contribution is -2.30. The molecule has 0 saturated carbocycles. The molecule has 0 aliphatic rings. The SMILES string of the molecule is COCCN(CCCN)c1cc2n[nH]c(=O)n2cn1. The number of nitrogens with one attached hydrogen (secondary N) is 1. The largest absolute Gasteiger partial charge is 0.383 e. The van der Waals surface area contributed by atoms with Crippen molar-refractivity contribution in [2.24, 2.45) is 5.73 Å². The van der Waals surface area contributed by atoms with Crippen LogP contribution in [-0.2, 0) is 4.74 Å².